The van der Waals surface area contributed by atoms with Gasteiger partial charge in [0.1, 0.15) is 56.2 Å². The first-order valence-corrected chi connectivity index (χ1v) is 26.5. The van der Waals surface area contributed by atoms with Crippen molar-refractivity contribution in [1.29, 1.82) is 0 Å². The summed E-state index contributed by atoms with van der Waals surface area (Å²) in [7, 11) is 1.03. The summed E-state index contributed by atoms with van der Waals surface area (Å²) < 4.78 is 37.3. The second-order valence-corrected chi connectivity index (χ2v) is 20.1. The van der Waals surface area contributed by atoms with E-state index in [1.807, 2.05) is 0 Å². The number of ether oxygens (including phenoxy) is 4. The maximum Gasteiger partial charge on any atom is 0.407 e. The van der Waals surface area contributed by atoms with Gasteiger partial charge < -0.3 is 86.5 Å². The molecular weight excluding hydrogens is 1100 g/mol. The van der Waals surface area contributed by atoms with E-state index in [0.717, 1.165) is 7.11 Å². The predicted molar refractivity (Wildman–Crippen MR) is 283 cm³/mol. The third kappa shape index (κ3) is 13.4. The highest BCUT2D eigenvalue weighted by molar-refractivity contribution is 5.95. The molecule has 5 heterocycles. The number of rotatable bonds is 23. The number of cyclic esters (lactones) is 1. The number of hydrogen-bond acceptors (Lipinski definition) is 19. The molecule has 8 rings (SSSR count). The topological polar surface area (TPSA) is 403 Å². The van der Waals surface area contributed by atoms with Crippen LogP contribution in [0.5, 0.6) is 0 Å². The van der Waals surface area contributed by atoms with E-state index in [4.69, 9.17) is 19.2 Å². The third-order valence-corrected chi connectivity index (χ3v) is 14.8. The van der Waals surface area contributed by atoms with Crippen LogP contribution in [0.25, 0.3) is 22.3 Å². The number of alkyl carbamates (subject to hydrolysis) is 1. The van der Waals surface area contributed by atoms with Crippen LogP contribution >= 0.6 is 0 Å². The lowest BCUT2D eigenvalue weighted by atomic mass is 9.81. The number of carbonyl (C=O) groups excluding carboxylic acids is 9. The van der Waals surface area contributed by atoms with Crippen LogP contribution in [0.4, 0.5) is 9.18 Å². The van der Waals surface area contributed by atoms with E-state index in [-0.39, 0.29) is 49.1 Å². The van der Waals surface area contributed by atoms with Gasteiger partial charge in [-0.15, -0.1) is 0 Å². The number of fused-ring (bicyclic) bond motifs is 5. The van der Waals surface area contributed by atoms with Crippen LogP contribution in [0.15, 0.2) is 47.3 Å². The van der Waals surface area contributed by atoms with Gasteiger partial charge in [0.05, 0.1) is 68.4 Å². The number of aliphatic hydroxyl groups excluding tert-OH is 3. The van der Waals surface area contributed by atoms with Gasteiger partial charge in [-0.25, -0.2) is 19.0 Å². The molecule has 12 N–H and O–H groups in total. The molecule has 2 aromatic heterocycles. The fourth-order valence-electron chi connectivity index (χ4n) is 10.4. The number of nitrogens with zero attached hydrogens (tertiary/aromatic N) is 2. The molecule has 0 spiro atoms. The maximum atomic E-state index is 15.4. The monoisotopic (exact) mass is 1160 g/mol. The molecule has 0 bridgehead atoms. The van der Waals surface area contributed by atoms with Gasteiger partial charge in [0.15, 0.2) is 11.8 Å². The zero-order valence-corrected chi connectivity index (χ0v) is 45.3. The van der Waals surface area contributed by atoms with Crippen molar-refractivity contribution in [2.45, 2.75) is 114 Å². The van der Waals surface area contributed by atoms with Crippen LogP contribution in [-0.4, -0.2) is 167 Å². The van der Waals surface area contributed by atoms with Crippen LogP contribution in [0, 0.1) is 12.7 Å². The summed E-state index contributed by atoms with van der Waals surface area (Å²) in [6, 6.07) is 8.03. The Kier molecular flexibility index (Phi) is 19.1. The number of methoxy groups -OCH3 is 1. The van der Waals surface area contributed by atoms with E-state index in [0.29, 0.717) is 57.4 Å². The van der Waals surface area contributed by atoms with Crippen molar-refractivity contribution < 1.29 is 86.9 Å². The molecule has 8 amide bonds. The SMILES string of the molecule is CC[C@@]1(O)C(=O)OCc2c1cc1n(c2=O)Cc2c-1nc1cc(F)c(C)c3c1c2[C@@H](NC(=O)COCNC(=O)CNC(=O)[C@H](Cc1ccccc1)NC(=O)CNC(=O)CNC(=O)[C@H](CCC(=O)NC1O[C@H](CO)[C@@H](O)[C@H]1O)NC(=O)OC)CC3. The molecule has 3 aliphatic heterocycles. The second-order valence-electron chi connectivity index (χ2n) is 20.1. The Hall–Kier alpha value is -8.48. The number of nitrogens with one attached hydrogen (secondary N) is 8. The van der Waals surface area contributed by atoms with Gasteiger partial charge in [-0.1, -0.05) is 37.3 Å². The summed E-state index contributed by atoms with van der Waals surface area (Å²) in [5.74, 6) is -6.85. The molecule has 2 aromatic carbocycles. The minimum atomic E-state index is -2.07. The molecule has 1 fully saturated rings. The Labute approximate surface area is 471 Å². The summed E-state index contributed by atoms with van der Waals surface area (Å²) in [5, 5.41) is 60.8. The number of aliphatic hydroxyl groups is 4. The van der Waals surface area contributed by atoms with Crippen LogP contribution in [0.2, 0.25) is 0 Å². The predicted octanol–water partition coefficient (Wildman–Crippen LogP) is -3.14. The molecule has 1 aliphatic carbocycles. The molecule has 4 aromatic rings. The number of esters is 1. The summed E-state index contributed by atoms with van der Waals surface area (Å²) in [5.41, 5.74) is 1.56. The minimum Gasteiger partial charge on any atom is -0.458 e. The van der Waals surface area contributed by atoms with Crippen LogP contribution in [0.3, 0.4) is 0 Å². The van der Waals surface area contributed by atoms with E-state index in [2.05, 4.69) is 47.3 Å². The Bertz CT molecular complexity index is 3290. The summed E-state index contributed by atoms with van der Waals surface area (Å²) in [6.07, 6.45) is -6.75. The van der Waals surface area contributed by atoms with Crippen LogP contribution in [-0.2, 0) is 88.9 Å². The molecule has 0 radical (unpaired) electrons. The highest BCUT2D eigenvalue weighted by Gasteiger charge is 2.47. The van der Waals surface area contributed by atoms with Crippen molar-refractivity contribution in [3.8, 4) is 11.4 Å². The van der Waals surface area contributed by atoms with Crippen molar-refractivity contribution >= 4 is 64.3 Å². The number of hydrogen-bond donors (Lipinski definition) is 12. The zero-order valence-electron chi connectivity index (χ0n) is 45.3. The normalized spacial score (nSPS) is 20.7. The highest BCUT2D eigenvalue weighted by Crippen LogP contribution is 2.46. The third-order valence-electron chi connectivity index (χ3n) is 14.8. The largest absolute Gasteiger partial charge is 0.458 e. The molecule has 0 saturated carbocycles. The molecule has 8 atom stereocenters. The number of pyridine rings is 2. The standard InChI is InChI=1S/C54H63FN10O18/c1-4-54(79)30-15-36-45-28(20-65(36)51(76)29(30)22-82-52(54)77)44-32(11-10-27-25(2)31(55)16-34(62-45)43(27)44)60-42(71)23-81-24-59-40(69)18-58-49(75)35(14-26-8-6-5-7-9-26)61-41(70)19-56-39(68)17-57-48(74)33(63-53(78)80-3)12-13-38(67)64-50-47(73)46(72)37(21-66)83-50/h5-9,15-16,32-33,35,37,46-47,50,66,72-73,79H,4,10-14,17-24H2,1-3H3,(H,56,68)(H,57,74)(H,58,75)(H,59,69)(H,60,71)(H,61,70)(H,63,78)(H,64,67)/t32-,33-,35-,37+,46+,47+,50?,54-/m0/s1. The average Bonchev–Trinajstić information content (AvgIpc) is 1.88. The molecular formula is C54H63FN10O18. The lowest BCUT2D eigenvalue weighted by Gasteiger charge is -2.31. The van der Waals surface area contributed by atoms with E-state index in [1.165, 1.54) is 10.6 Å². The highest BCUT2D eigenvalue weighted by atomic mass is 19.1. The first-order chi connectivity index (χ1) is 39.6. The van der Waals surface area contributed by atoms with Gasteiger partial charge in [-0.05, 0) is 60.9 Å². The molecule has 29 heteroatoms. The van der Waals surface area contributed by atoms with E-state index >= 15 is 4.39 Å². The first-order valence-electron chi connectivity index (χ1n) is 26.5. The fourth-order valence-corrected chi connectivity index (χ4v) is 10.4. The summed E-state index contributed by atoms with van der Waals surface area (Å²) in [6.45, 7) is -0.654. The van der Waals surface area contributed by atoms with Gasteiger partial charge in [-0.3, -0.25) is 38.4 Å². The van der Waals surface area contributed by atoms with E-state index in [1.54, 1.807) is 50.2 Å². The lowest BCUT2D eigenvalue weighted by molar-refractivity contribution is -0.172. The Morgan fingerprint density at radius 2 is 1.55 bits per heavy atom. The molecule has 83 heavy (non-hydrogen) atoms. The molecule has 444 valence electrons. The van der Waals surface area contributed by atoms with Crippen molar-refractivity contribution in [3.63, 3.8) is 0 Å². The number of aromatic nitrogens is 2. The van der Waals surface area contributed by atoms with Crippen molar-refractivity contribution in [2.24, 2.45) is 0 Å². The lowest BCUT2D eigenvalue weighted by Crippen LogP contribution is -2.53. The van der Waals surface area contributed by atoms with Crippen molar-refractivity contribution in [2.75, 3.05) is 46.7 Å². The van der Waals surface area contributed by atoms with Gasteiger partial charge in [0, 0.05) is 35.4 Å². The summed E-state index contributed by atoms with van der Waals surface area (Å²) >= 11 is 0. The van der Waals surface area contributed by atoms with Crippen molar-refractivity contribution in [3.05, 3.63) is 97.6 Å². The Balaban J connectivity index is 0.809. The zero-order chi connectivity index (χ0) is 59.9. The summed E-state index contributed by atoms with van der Waals surface area (Å²) in [4.78, 5) is 135. The molecule has 4 aliphatic rings. The smallest absolute Gasteiger partial charge is 0.407 e. The number of aryl methyl sites for hydroxylation is 1. The molecule has 1 saturated heterocycles. The first kappa shape index (κ1) is 60.6. The number of amides is 8. The average molecular weight is 1160 g/mol. The van der Waals surface area contributed by atoms with Gasteiger partial charge in [-0.2, -0.15) is 0 Å². The van der Waals surface area contributed by atoms with Gasteiger partial charge in [0.25, 0.3) is 5.56 Å². The van der Waals surface area contributed by atoms with E-state index in [9.17, 15) is 68.4 Å². The fraction of sp³-hybridized carbons (Fsp3) is 0.463. The number of carbonyl (C=O) groups is 9. The Morgan fingerprint density at radius 3 is 2.24 bits per heavy atom. The van der Waals surface area contributed by atoms with Gasteiger partial charge >= 0.3 is 12.1 Å². The van der Waals surface area contributed by atoms with Gasteiger partial charge in [0.2, 0.25) is 41.4 Å². The number of benzene rings is 2. The van der Waals surface area contributed by atoms with Crippen LogP contribution in [0.1, 0.15) is 77.6 Å². The quantitative estimate of drug-likeness (QED) is 0.0175. The second kappa shape index (κ2) is 26.2. The molecule has 28 nitrogen and oxygen atoms in total. The van der Waals surface area contributed by atoms with Crippen molar-refractivity contribution in [1.82, 2.24) is 52.1 Å². The Morgan fingerprint density at radius 1 is 0.855 bits per heavy atom. The minimum absolute atomic E-state index is 0.0282. The van der Waals surface area contributed by atoms with Crippen LogP contribution < -0.4 is 48.1 Å². The maximum absolute atomic E-state index is 15.4. The molecule has 1 unspecified atom stereocenters. The number of halogens is 1. The van der Waals surface area contributed by atoms with E-state index < -0.39 is 159 Å².